The van der Waals surface area contributed by atoms with Crippen molar-refractivity contribution in [1.29, 1.82) is 0 Å². The van der Waals surface area contributed by atoms with E-state index in [-0.39, 0.29) is 16.0 Å². The monoisotopic (exact) mass is 276 g/mol. The highest BCUT2D eigenvalue weighted by atomic mass is 32.1. The number of hydrogen-bond donors (Lipinski definition) is 1. The molecule has 1 aromatic heterocycles. The van der Waals surface area contributed by atoms with Gasteiger partial charge >= 0.3 is 0 Å². The minimum Gasteiger partial charge on any atom is -0.330 e. The van der Waals surface area contributed by atoms with Gasteiger partial charge in [0.2, 0.25) is 0 Å². The first-order valence-electron chi connectivity index (χ1n) is 6.02. The van der Waals surface area contributed by atoms with Gasteiger partial charge in [-0.2, -0.15) is 0 Å². The highest BCUT2D eigenvalue weighted by Crippen LogP contribution is 2.30. The van der Waals surface area contributed by atoms with E-state index in [1.54, 1.807) is 23.5 Å². The molecule has 0 amide bonds. The molecule has 0 aliphatic heterocycles. The number of rotatable bonds is 5. The van der Waals surface area contributed by atoms with E-state index in [9.17, 15) is 10.1 Å². The SMILES string of the molecule is CC(CN)(Cc1cccs1)c1cccc([N+](=O)[O-])c1. The maximum absolute atomic E-state index is 10.9. The van der Waals surface area contributed by atoms with Crippen LogP contribution >= 0.6 is 11.3 Å². The maximum atomic E-state index is 10.9. The highest BCUT2D eigenvalue weighted by molar-refractivity contribution is 7.09. The van der Waals surface area contributed by atoms with Gasteiger partial charge in [0, 0.05) is 29.0 Å². The summed E-state index contributed by atoms with van der Waals surface area (Å²) in [5, 5.41) is 12.9. The quantitative estimate of drug-likeness (QED) is 0.674. The molecular weight excluding hydrogens is 260 g/mol. The van der Waals surface area contributed by atoms with Crippen LogP contribution in [0.15, 0.2) is 41.8 Å². The second-order valence-electron chi connectivity index (χ2n) is 4.83. The van der Waals surface area contributed by atoms with Crippen LogP contribution in [-0.2, 0) is 11.8 Å². The number of thiophene rings is 1. The molecule has 2 rings (SSSR count). The molecule has 0 spiro atoms. The van der Waals surface area contributed by atoms with E-state index < -0.39 is 0 Å². The zero-order chi connectivity index (χ0) is 13.9. The number of nitrogens with two attached hydrogens (primary N) is 1. The van der Waals surface area contributed by atoms with Crippen molar-refractivity contribution < 1.29 is 4.92 Å². The summed E-state index contributed by atoms with van der Waals surface area (Å²) >= 11 is 1.68. The van der Waals surface area contributed by atoms with Gasteiger partial charge in [-0.05, 0) is 23.4 Å². The molecule has 1 aromatic carbocycles. The summed E-state index contributed by atoms with van der Waals surface area (Å²) in [5.74, 6) is 0. The lowest BCUT2D eigenvalue weighted by Crippen LogP contribution is -2.34. The first-order chi connectivity index (χ1) is 9.05. The topological polar surface area (TPSA) is 69.2 Å². The molecule has 0 saturated heterocycles. The van der Waals surface area contributed by atoms with Crippen LogP contribution in [0.2, 0.25) is 0 Å². The number of nitrogens with zero attached hydrogens (tertiary/aromatic N) is 1. The number of nitro groups is 1. The Balaban J connectivity index is 2.34. The van der Waals surface area contributed by atoms with Gasteiger partial charge in [-0.25, -0.2) is 0 Å². The van der Waals surface area contributed by atoms with Crippen LogP contribution in [-0.4, -0.2) is 11.5 Å². The van der Waals surface area contributed by atoms with Crippen molar-refractivity contribution in [2.45, 2.75) is 18.8 Å². The molecule has 0 fully saturated rings. The average molecular weight is 276 g/mol. The predicted molar refractivity (Wildman–Crippen MR) is 77.5 cm³/mol. The van der Waals surface area contributed by atoms with Gasteiger partial charge in [-0.15, -0.1) is 11.3 Å². The Labute approximate surface area is 116 Å². The van der Waals surface area contributed by atoms with Crippen molar-refractivity contribution >= 4 is 17.0 Å². The van der Waals surface area contributed by atoms with Crippen molar-refractivity contribution in [1.82, 2.24) is 0 Å². The van der Waals surface area contributed by atoms with Crippen molar-refractivity contribution in [3.8, 4) is 0 Å². The number of hydrogen-bond acceptors (Lipinski definition) is 4. The number of non-ortho nitro benzene ring substituents is 1. The highest BCUT2D eigenvalue weighted by Gasteiger charge is 2.27. The normalized spacial score (nSPS) is 14.0. The molecule has 19 heavy (non-hydrogen) atoms. The zero-order valence-corrected chi connectivity index (χ0v) is 11.5. The summed E-state index contributed by atoms with van der Waals surface area (Å²) in [7, 11) is 0. The van der Waals surface area contributed by atoms with E-state index in [0.29, 0.717) is 6.54 Å². The third-order valence-corrected chi connectivity index (χ3v) is 4.23. The largest absolute Gasteiger partial charge is 0.330 e. The second kappa shape index (κ2) is 5.50. The van der Waals surface area contributed by atoms with Gasteiger partial charge in [0.1, 0.15) is 0 Å². The predicted octanol–water partition coefficient (Wildman–Crippen LogP) is 3.12. The lowest BCUT2D eigenvalue weighted by Gasteiger charge is -2.28. The fraction of sp³-hybridized carbons (Fsp3) is 0.286. The third-order valence-electron chi connectivity index (χ3n) is 3.35. The Hall–Kier alpha value is -1.72. The van der Waals surface area contributed by atoms with Crippen LogP contribution in [0, 0.1) is 10.1 Å². The van der Waals surface area contributed by atoms with Gasteiger partial charge in [-0.1, -0.05) is 25.1 Å². The molecule has 1 atom stereocenters. The van der Waals surface area contributed by atoms with E-state index in [0.717, 1.165) is 12.0 Å². The van der Waals surface area contributed by atoms with Gasteiger partial charge in [0.05, 0.1) is 4.92 Å². The number of nitro benzene ring substituents is 1. The van der Waals surface area contributed by atoms with E-state index in [1.807, 2.05) is 24.4 Å². The minimum absolute atomic E-state index is 0.114. The molecule has 0 bridgehead atoms. The lowest BCUT2D eigenvalue weighted by atomic mass is 9.79. The van der Waals surface area contributed by atoms with Crippen LogP contribution in [0.3, 0.4) is 0 Å². The molecule has 4 nitrogen and oxygen atoms in total. The van der Waals surface area contributed by atoms with E-state index in [2.05, 4.69) is 6.07 Å². The fourth-order valence-electron chi connectivity index (χ4n) is 2.08. The third kappa shape index (κ3) is 3.00. The second-order valence-corrected chi connectivity index (χ2v) is 5.86. The van der Waals surface area contributed by atoms with E-state index >= 15 is 0 Å². The van der Waals surface area contributed by atoms with Crippen LogP contribution < -0.4 is 5.73 Å². The molecule has 2 N–H and O–H groups in total. The summed E-state index contributed by atoms with van der Waals surface area (Å²) in [6.45, 7) is 2.50. The molecule has 5 heteroatoms. The van der Waals surface area contributed by atoms with Gasteiger partial charge in [-0.3, -0.25) is 10.1 Å². The van der Waals surface area contributed by atoms with Crippen LogP contribution in [0.4, 0.5) is 5.69 Å². The Morgan fingerprint density at radius 3 is 2.74 bits per heavy atom. The summed E-state index contributed by atoms with van der Waals surface area (Å²) in [5.41, 5.74) is 6.66. The number of benzene rings is 1. The molecular formula is C14H16N2O2S. The smallest absolute Gasteiger partial charge is 0.269 e. The van der Waals surface area contributed by atoms with E-state index in [4.69, 9.17) is 5.73 Å². The van der Waals surface area contributed by atoms with Crippen molar-refractivity contribution in [2.75, 3.05) is 6.54 Å². The average Bonchev–Trinajstić information content (AvgIpc) is 2.91. The van der Waals surface area contributed by atoms with Crippen molar-refractivity contribution in [3.05, 3.63) is 62.3 Å². The van der Waals surface area contributed by atoms with Gasteiger partial charge < -0.3 is 5.73 Å². The van der Waals surface area contributed by atoms with Crippen molar-refractivity contribution in [2.24, 2.45) is 5.73 Å². The minimum atomic E-state index is -0.369. The molecule has 100 valence electrons. The molecule has 0 saturated carbocycles. The molecule has 0 aliphatic carbocycles. The standard InChI is InChI=1S/C14H16N2O2S/c1-14(10-15,9-13-6-3-7-19-13)11-4-2-5-12(8-11)16(17)18/h2-8H,9-10,15H2,1H3. The molecule has 0 aliphatic rings. The van der Waals surface area contributed by atoms with Crippen molar-refractivity contribution in [3.63, 3.8) is 0 Å². The maximum Gasteiger partial charge on any atom is 0.269 e. The Bertz CT molecular complexity index is 569. The molecule has 1 heterocycles. The van der Waals surface area contributed by atoms with Crippen LogP contribution in [0.1, 0.15) is 17.4 Å². The lowest BCUT2D eigenvalue weighted by molar-refractivity contribution is -0.385. The molecule has 2 aromatic rings. The fourth-order valence-corrected chi connectivity index (χ4v) is 2.98. The van der Waals surface area contributed by atoms with Gasteiger partial charge in [0.15, 0.2) is 0 Å². The zero-order valence-electron chi connectivity index (χ0n) is 10.7. The first kappa shape index (κ1) is 13.7. The molecule has 1 unspecified atom stereocenters. The summed E-state index contributed by atoms with van der Waals surface area (Å²) in [6, 6.07) is 10.8. The Morgan fingerprint density at radius 2 is 2.16 bits per heavy atom. The molecule has 0 radical (unpaired) electrons. The summed E-state index contributed by atoms with van der Waals surface area (Å²) in [4.78, 5) is 11.7. The first-order valence-corrected chi connectivity index (χ1v) is 6.90. The van der Waals surface area contributed by atoms with Crippen LogP contribution in [0.25, 0.3) is 0 Å². The summed E-state index contributed by atoms with van der Waals surface area (Å²) < 4.78 is 0. The van der Waals surface area contributed by atoms with Crippen LogP contribution in [0.5, 0.6) is 0 Å². The van der Waals surface area contributed by atoms with E-state index in [1.165, 1.54) is 10.9 Å². The summed E-state index contributed by atoms with van der Waals surface area (Å²) in [6.07, 6.45) is 0.794. The van der Waals surface area contributed by atoms with Gasteiger partial charge in [0.25, 0.3) is 5.69 Å². The Kier molecular flexibility index (Phi) is 3.97. The Morgan fingerprint density at radius 1 is 1.37 bits per heavy atom.